The van der Waals surface area contributed by atoms with Gasteiger partial charge in [0.1, 0.15) is 5.82 Å². The first kappa shape index (κ1) is 18.6. The van der Waals surface area contributed by atoms with Crippen molar-refractivity contribution in [1.82, 2.24) is 10.2 Å². The Labute approximate surface area is 147 Å². The standard InChI is InChI=1S/C20H23FN2O2/c1-15(18-6-4-3-5-7-18)22-20(25)14-23(16(2)24)13-12-17-8-10-19(21)11-9-17/h3-11,15H,12-14H2,1-2H3,(H,22,25). The van der Waals surface area contributed by atoms with Crippen LogP contribution in [-0.2, 0) is 16.0 Å². The molecule has 0 aliphatic heterocycles. The molecule has 5 heteroatoms. The van der Waals surface area contributed by atoms with Crippen molar-refractivity contribution in [1.29, 1.82) is 0 Å². The SMILES string of the molecule is CC(=O)N(CCc1ccc(F)cc1)CC(=O)NC(C)c1ccccc1. The molecular formula is C20H23FN2O2. The van der Waals surface area contributed by atoms with E-state index in [1.54, 1.807) is 12.1 Å². The van der Waals surface area contributed by atoms with Crippen molar-refractivity contribution in [3.05, 3.63) is 71.5 Å². The average molecular weight is 342 g/mol. The quantitative estimate of drug-likeness (QED) is 0.841. The second kappa shape index (κ2) is 8.97. The number of rotatable bonds is 7. The van der Waals surface area contributed by atoms with E-state index in [4.69, 9.17) is 0 Å². The van der Waals surface area contributed by atoms with Gasteiger partial charge >= 0.3 is 0 Å². The molecule has 2 aromatic rings. The minimum absolute atomic E-state index is 0.00764. The highest BCUT2D eigenvalue weighted by molar-refractivity contribution is 5.84. The van der Waals surface area contributed by atoms with Crippen LogP contribution in [0.3, 0.4) is 0 Å². The number of halogens is 1. The topological polar surface area (TPSA) is 49.4 Å². The molecule has 2 rings (SSSR count). The lowest BCUT2D eigenvalue weighted by Crippen LogP contribution is -2.41. The molecule has 1 atom stereocenters. The van der Waals surface area contributed by atoms with Crippen LogP contribution in [0.5, 0.6) is 0 Å². The molecular weight excluding hydrogens is 319 g/mol. The van der Waals surface area contributed by atoms with E-state index < -0.39 is 0 Å². The molecule has 2 aromatic carbocycles. The summed E-state index contributed by atoms with van der Waals surface area (Å²) in [6.07, 6.45) is 0.571. The number of carbonyl (C=O) groups is 2. The molecule has 4 nitrogen and oxygen atoms in total. The Balaban J connectivity index is 1.88. The molecule has 0 radical (unpaired) electrons. The van der Waals surface area contributed by atoms with Crippen molar-refractivity contribution in [2.75, 3.05) is 13.1 Å². The van der Waals surface area contributed by atoms with E-state index in [2.05, 4.69) is 5.32 Å². The molecule has 1 N–H and O–H groups in total. The maximum Gasteiger partial charge on any atom is 0.240 e. The highest BCUT2D eigenvalue weighted by atomic mass is 19.1. The molecule has 132 valence electrons. The maximum atomic E-state index is 12.9. The van der Waals surface area contributed by atoms with Crippen LogP contribution in [0.1, 0.15) is 31.0 Å². The minimum atomic E-state index is -0.290. The van der Waals surface area contributed by atoms with E-state index in [1.165, 1.54) is 24.0 Å². The molecule has 0 heterocycles. The number of benzene rings is 2. The fourth-order valence-electron chi connectivity index (χ4n) is 2.55. The number of hydrogen-bond acceptors (Lipinski definition) is 2. The van der Waals surface area contributed by atoms with Gasteiger partial charge in [-0.2, -0.15) is 0 Å². The van der Waals surface area contributed by atoms with Crippen LogP contribution in [0.25, 0.3) is 0 Å². The first-order valence-corrected chi connectivity index (χ1v) is 8.30. The molecule has 0 aliphatic carbocycles. The number of nitrogens with zero attached hydrogens (tertiary/aromatic N) is 1. The fraction of sp³-hybridized carbons (Fsp3) is 0.300. The Morgan fingerprint density at radius 2 is 1.72 bits per heavy atom. The Morgan fingerprint density at radius 1 is 1.08 bits per heavy atom. The first-order valence-electron chi connectivity index (χ1n) is 8.30. The van der Waals surface area contributed by atoms with Crippen LogP contribution >= 0.6 is 0 Å². The van der Waals surface area contributed by atoms with Crippen molar-refractivity contribution >= 4 is 11.8 Å². The third kappa shape index (κ3) is 6.03. The highest BCUT2D eigenvalue weighted by Crippen LogP contribution is 2.11. The number of hydrogen-bond donors (Lipinski definition) is 1. The summed E-state index contributed by atoms with van der Waals surface area (Å²) in [5.74, 6) is -0.656. The van der Waals surface area contributed by atoms with Gasteiger partial charge in [0.15, 0.2) is 0 Å². The van der Waals surface area contributed by atoms with Crippen LogP contribution < -0.4 is 5.32 Å². The number of carbonyl (C=O) groups excluding carboxylic acids is 2. The van der Waals surface area contributed by atoms with Crippen LogP contribution in [0.2, 0.25) is 0 Å². The molecule has 0 saturated heterocycles. The molecule has 0 bridgehead atoms. The van der Waals surface area contributed by atoms with Crippen LogP contribution in [0, 0.1) is 5.82 Å². The molecule has 2 amide bonds. The Morgan fingerprint density at radius 3 is 2.32 bits per heavy atom. The predicted molar refractivity (Wildman–Crippen MR) is 95.4 cm³/mol. The van der Waals surface area contributed by atoms with E-state index >= 15 is 0 Å². The molecule has 0 saturated carbocycles. The van der Waals surface area contributed by atoms with E-state index in [1.807, 2.05) is 37.3 Å². The second-order valence-corrected chi connectivity index (χ2v) is 6.02. The minimum Gasteiger partial charge on any atom is -0.348 e. The lowest BCUT2D eigenvalue weighted by Gasteiger charge is -2.22. The normalized spacial score (nSPS) is 11.6. The molecule has 25 heavy (non-hydrogen) atoms. The van der Waals surface area contributed by atoms with Gasteiger partial charge in [-0.1, -0.05) is 42.5 Å². The summed E-state index contributed by atoms with van der Waals surface area (Å²) in [5.41, 5.74) is 1.93. The van der Waals surface area contributed by atoms with E-state index in [9.17, 15) is 14.0 Å². The Hall–Kier alpha value is -2.69. The zero-order valence-electron chi connectivity index (χ0n) is 14.5. The molecule has 0 spiro atoms. The van der Waals surface area contributed by atoms with Gasteiger partial charge in [-0.05, 0) is 36.6 Å². The molecule has 1 unspecified atom stereocenters. The van der Waals surface area contributed by atoms with Crippen molar-refractivity contribution in [3.63, 3.8) is 0 Å². The number of nitrogens with one attached hydrogen (secondary N) is 1. The zero-order chi connectivity index (χ0) is 18.2. The van der Waals surface area contributed by atoms with Gasteiger partial charge in [-0.25, -0.2) is 4.39 Å². The lowest BCUT2D eigenvalue weighted by molar-refractivity contribution is -0.134. The summed E-state index contributed by atoms with van der Waals surface area (Å²) in [7, 11) is 0. The average Bonchev–Trinajstić information content (AvgIpc) is 2.60. The van der Waals surface area contributed by atoms with Crippen molar-refractivity contribution in [3.8, 4) is 0 Å². The Bertz CT molecular complexity index is 701. The van der Waals surface area contributed by atoms with Crippen LogP contribution in [0.4, 0.5) is 4.39 Å². The summed E-state index contributed by atoms with van der Waals surface area (Å²) >= 11 is 0. The van der Waals surface area contributed by atoms with Gasteiger partial charge in [-0.3, -0.25) is 9.59 Å². The van der Waals surface area contributed by atoms with Gasteiger partial charge in [-0.15, -0.1) is 0 Å². The van der Waals surface area contributed by atoms with Gasteiger partial charge in [0.2, 0.25) is 11.8 Å². The predicted octanol–water partition coefficient (Wildman–Crippen LogP) is 3.09. The fourth-order valence-corrected chi connectivity index (χ4v) is 2.55. The van der Waals surface area contributed by atoms with Crippen molar-refractivity contribution in [2.24, 2.45) is 0 Å². The van der Waals surface area contributed by atoms with E-state index in [0.717, 1.165) is 11.1 Å². The van der Waals surface area contributed by atoms with Gasteiger partial charge < -0.3 is 10.2 Å². The summed E-state index contributed by atoms with van der Waals surface area (Å²) in [6, 6.07) is 15.7. The van der Waals surface area contributed by atoms with Gasteiger partial charge in [0, 0.05) is 13.5 Å². The highest BCUT2D eigenvalue weighted by Gasteiger charge is 2.16. The van der Waals surface area contributed by atoms with Crippen LogP contribution in [-0.4, -0.2) is 29.8 Å². The summed E-state index contributed by atoms with van der Waals surface area (Å²) < 4.78 is 12.9. The third-order valence-corrected chi connectivity index (χ3v) is 4.04. The lowest BCUT2D eigenvalue weighted by atomic mass is 10.1. The smallest absolute Gasteiger partial charge is 0.240 e. The van der Waals surface area contributed by atoms with Crippen molar-refractivity contribution < 1.29 is 14.0 Å². The molecule has 0 fully saturated rings. The zero-order valence-corrected chi connectivity index (χ0v) is 14.5. The third-order valence-electron chi connectivity index (χ3n) is 4.04. The van der Waals surface area contributed by atoms with E-state index in [-0.39, 0.29) is 30.2 Å². The van der Waals surface area contributed by atoms with Gasteiger partial charge in [0.25, 0.3) is 0 Å². The monoisotopic (exact) mass is 342 g/mol. The van der Waals surface area contributed by atoms with E-state index in [0.29, 0.717) is 13.0 Å². The maximum absolute atomic E-state index is 12.9. The van der Waals surface area contributed by atoms with Gasteiger partial charge in [0.05, 0.1) is 12.6 Å². The first-order chi connectivity index (χ1) is 12.0. The van der Waals surface area contributed by atoms with Crippen LogP contribution in [0.15, 0.2) is 54.6 Å². The molecule has 0 aliphatic rings. The largest absolute Gasteiger partial charge is 0.348 e. The Kier molecular flexibility index (Phi) is 6.69. The molecule has 0 aromatic heterocycles. The summed E-state index contributed by atoms with van der Waals surface area (Å²) in [4.78, 5) is 25.5. The second-order valence-electron chi connectivity index (χ2n) is 6.02. The number of amides is 2. The summed E-state index contributed by atoms with van der Waals surface area (Å²) in [5, 5.41) is 2.90. The van der Waals surface area contributed by atoms with Crippen molar-refractivity contribution in [2.45, 2.75) is 26.3 Å². The summed E-state index contributed by atoms with van der Waals surface area (Å²) in [6.45, 7) is 3.77.